The highest BCUT2D eigenvalue weighted by Gasteiger charge is 2.27. The molecule has 14 heavy (non-hydrogen) atoms. The third-order valence-corrected chi connectivity index (χ3v) is 2.53. The van der Waals surface area contributed by atoms with Crippen LogP contribution in [0.5, 0.6) is 0 Å². The Labute approximate surface area is 83.4 Å². The molecular weight excluding hydrogens is 176 g/mol. The quantitative estimate of drug-likeness (QED) is 0.680. The highest BCUT2D eigenvalue weighted by atomic mass is 16.1. The SMILES string of the molecule is Cc1cc(/C=C/C(=O)C2CC2)nn1C. The molecule has 74 valence electrons. The molecule has 0 saturated heterocycles. The van der Waals surface area contributed by atoms with Crippen molar-refractivity contribution < 1.29 is 4.79 Å². The Bertz CT molecular complexity index is 366. The molecule has 0 amide bonds. The van der Waals surface area contributed by atoms with Gasteiger partial charge in [-0.1, -0.05) is 0 Å². The Hall–Kier alpha value is -1.38. The van der Waals surface area contributed by atoms with Gasteiger partial charge >= 0.3 is 0 Å². The number of carbonyl (C=O) groups excluding carboxylic acids is 1. The summed E-state index contributed by atoms with van der Waals surface area (Å²) in [5, 5.41) is 4.24. The maximum atomic E-state index is 11.3. The number of carbonyl (C=O) groups is 1. The van der Waals surface area contributed by atoms with E-state index < -0.39 is 0 Å². The van der Waals surface area contributed by atoms with E-state index >= 15 is 0 Å². The first-order valence-corrected chi connectivity index (χ1v) is 4.89. The predicted molar refractivity (Wildman–Crippen MR) is 54.7 cm³/mol. The first kappa shape index (κ1) is 9.19. The summed E-state index contributed by atoms with van der Waals surface area (Å²) in [5.74, 6) is 0.546. The highest BCUT2D eigenvalue weighted by Crippen LogP contribution is 2.30. The molecule has 1 aliphatic carbocycles. The minimum absolute atomic E-state index is 0.244. The molecule has 0 radical (unpaired) electrons. The van der Waals surface area contributed by atoms with Crippen LogP contribution in [0.2, 0.25) is 0 Å². The zero-order chi connectivity index (χ0) is 10.1. The van der Waals surface area contributed by atoms with Crippen molar-refractivity contribution in [1.82, 2.24) is 9.78 Å². The van der Waals surface area contributed by atoms with E-state index in [1.54, 1.807) is 16.8 Å². The average Bonchev–Trinajstić information content (AvgIpc) is 2.92. The van der Waals surface area contributed by atoms with Crippen molar-refractivity contribution >= 4 is 11.9 Å². The topological polar surface area (TPSA) is 34.9 Å². The fourth-order valence-electron chi connectivity index (χ4n) is 1.34. The molecule has 0 N–H and O–H groups in total. The van der Waals surface area contributed by atoms with Gasteiger partial charge in [0, 0.05) is 18.7 Å². The maximum Gasteiger partial charge on any atom is 0.158 e. The van der Waals surface area contributed by atoms with Crippen LogP contribution in [0.25, 0.3) is 6.08 Å². The molecule has 3 heteroatoms. The first-order chi connectivity index (χ1) is 6.66. The number of ketones is 1. The van der Waals surface area contributed by atoms with Crippen LogP contribution in [0.1, 0.15) is 24.2 Å². The van der Waals surface area contributed by atoms with Gasteiger partial charge in [-0.05, 0) is 38.0 Å². The lowest BCUT2D eigenvalue weighted by atomic mass is 10.2. The third kappa shape index (κ3) is 1.92. The summed E-state index contributed by atoms with van der Waals surface area (Å²) < 4.78 is 1.81. The minimum atomic E-state index is 0.244. The van der Waals surface area contributed by atoms with E-state index in [4.69, 9.17) is 0 Å². The van der Waals surface area contributed by atoms with Crippen molar-refractivity contribution in [3.8, 4) is 0 Å². The van der Waals surface area contributed by atoms with Crippen molar-refractivity contribution in [2.45, 2.75) is 19.8 Å². The van der Waals surface area contributed by atoms with Crippen LogP contribution in [0, 0.1) is 12.8 Å². The number of aryl methyl sites for hydroxylation is 2. The second kappa shape index (κ2) is 3.40. The average molecular weight is 190 g/mol. The molecule has 1 heterocycles. The summed E-state index contributed by atoms with van der Waals surface area (Å²) in [6.07, 6.45) is 5.57. The molecule has 0 aliphatic heterocycles. The number of aromatic nitrogens is 2. The van der Waals surface area contributed by atoms with Crippen molar-refractivity contribution in [3.63, 3.8) is 0 Å². The Morgan fingerprint density at radius 1 is 1.64 bits per heavy atom. The number of nitrogens with zero attached hydrogens (tertiary/aromatic N) is 2. The summed E-state index contributed by atoms with van der Waals surface area (Å²) in [6.45, 7) is 1.99. The first-order valence-electron chi connectivity index (χ1n) is 4.89. The number of hydrogen-bond donors (Lipinski definition) is 0. The molecule has 0 aromatic carbocycles. The standard InChI is InChI=1S/C11H14N2O/c1-8-7-10(12-13(8)2)5-6-11(14)9-3-4-9/h5-7,9H,3-4H2,1-2H3/b6-5+. The fourth-order valence-corrected chi connectivity index (χ4v) is 1.34. The Morgan fingerprint density at radius 3 is 2.86 bits per heavy atom. The van der Waals surface area contributed by atoms with Crippen molar-refractivity contribution in [1.29, 1.82) is 0 Å². The highest BCUT2D eigenvalue weighted by molar-refractivity contribution is 5.96. The number of hydrogen-bond acceptors (Lipinski definition) is 2. The van der Waals surface area contributed by atoms with Crippen LogP contribution in [-0.2, 0) is 11.8 Å². The van der Waals surface area contributed by atoms with Gasteiger partial charge in [0.25, 0.3) is 0 Å². The molecule has 1 aromatic rings. The van der Waals surface area contributed by atoms with E-state index in [9.17, 15) is 4.79 Å². The smallest absolute Gasteiger partial charge is 0.158 e. The maximum absolute atomic E-state index is 11.3. The van der Waals surface area contributed by atoms with Crippen LogP contribution < -0.4 is 0 Å². The fraction of sp³-hybridized carbons (Fsp3) is 0.455. The Kier molecular flexibility index (Phi) is 2.23. The van der Waals surface area contributed by atoms with E-state index in [-0.39, 0.29) is 5.78 Å². The van der Waals surface area contributed by atoms with Crippen LogP contribution >= 0.6 is 0 Å². The Morgan fingerprint density at radius 2 is 2.36 bits per heavy atom. The van der Waals surface area contributed by atoms with Crippen molar-refractivity contribution in [2.24, 2.45) is 13.0 Å². The van der Waals surface area contributed by atoms with Gasteiger partial charge < -0.3 is 0 Å². The molecule has 3 nitrogen and oxygen atoms in total. The van der Waals surface area contributed by atoms with Gasteiger partial charge in [0.1, 0.15) is 0 Å². The summed E-state index contributed by atoms with van der Waals surface area (Å²) in [4.78, 5) is 11.3. The van der Waals surface area contributed by atoms with Crippen molar-refractivity contribution in [2.75, 3.05) is 0 Å². The lowest BCUT2D eigenvalue weighted by Gasteiger charge is -1.88. The Balaban J connectivity index is 2.05. The molecule has 0 unspecified atom stereocenters. The van der Waals surface area contributed by atoms with E-state index in [0.29, 0.717) is 5.92 Å². The zero-order valence-electron chi connectivity index (χ0n) is 8.53. The van der Waals surface area contributed by atoms with Crippen LogP contribution in [0.15, 0.2) is 12.1 Å². The monoisotopic (exact) mass is 190 g/mol. The summed E-state index contributed by atoms with van der Waals surface area (Å²) in [5.41, 5.74) is 1.96. The summed E-state index contributed by atoms with van der Waals surface area (Å²) >= 11 is 0. The second-order valence-electron chi connectivity index (χ2n) is 3.84. The number of allylic oxidation sites excluding steroid dienone is 1. The van der Waals surface area contributed by atoms with Crippen LogP contribution in [0.4, 0.5) is 0 Å². The zero-order valence-corrected chi connectivity index (χ0v) is 8.53. The third-order valence-electron chi connectivity index (χ3n) is 2.53. The van der Waals surface area contributed by atoms with E-state index in [0.717, 1.165) is 24.2 Å². The second-order valence-corrected chi connectivity index (χ2v) is 3.84. The predicted octanol–water partition coefficient (Wildman–Crippen LogP) is 1.72. The van der Waals surface area contributed by atoms with E-state index in [2.05, 4.69) is 5.10 Å². The van der Waals surface area contributed by atoms with Gasteiger partial charge in [0.05, 0.1) is 5.69 Å². The summed E-state index contributed by atoms with van der Waals surface area (Å²) in [6, 6.07) is 1.97. The largest absolute Gasteiger partial charge is 0.295 e. The molecule has 1 aromatic heterocycles. The van der Waals surface area contributed by atoms with Gasteiger partial charge in [-0.15, -0.1) is 0 Å². The molecule has 1 fully saturated rings. The van der Waals surface area contributed by atoms with Gasteiger partial charge in [-0.25, -0.2) is 0 Å². The molecule has 2 rings (SSSR count). The normalized spacial score (nSPS) is 16.4. The molecule has 0 bridgehead atoms. The summed E-state index contributed by atoms with van der Waals surface area (Å²) in [7, 11) is 1.90. The van der Waals surface area contributed by atoms with E-state index in [1.165, 1.54) is 0 Å². The molecular formula is C11H14N2O. The minimum Gasteiger partial charge on any atom is -0.295 e. The lowest BCUT2D eigenvalue weighted by Crippen LogP contribution is -1.94. The molecule has 0 spiro atoms. The van der Waals surface area contributed by atoms with Gasteiger partial charge in [-0.3, -0.25) is 9.48 Å². The van der Waals surface area contributed by atoms with Crippen LogP contribution in [-0.4, -0.2) is 15.6 Å². The van der Waals surface area contributed by atoms with Gasteiger partial charge in [0.15, 0.2) is 5.78 Å². The number of rotatable bonds is 3. The lowest BCUT2D eigenvalue weighted by molar-refractivity contribution is -0.115. The van der Waals surface area contributed by atoms with E-state index in [1.807, 2.05) is 20.0 Å². The van der Waals surface area contributed by atoms with Gasteiger partial charge in [0.2, 0.25) is 0 Å². The van der Waals surface area contributed by atoms with Gasteiger partial charge in [-0.2, -0.15) is 5.10 Å². The van der Waals surface area contributed by atoms with Crippen LogP contribution in [0.3, 0.4) is 0 Å². The molecule has 1 saturated carbocycles. The molecule has 0 atom stereocenters. The van der Waals surface area contributed by atoms with Crippen molar-refractivity contribution in [3.05, 3.63) is 23.5 Å². The molecule has 1 aliphatic rings.